The number of hydrogen-bond donors (Lipinski definition) is 1. The Balaban J connectivity index is 2.17. The minimum atomic E-state index is -3.62. The van der Waals surface area contributed by atoms with Crippen LogP contribution in [0.2, 0.25) is 0 Å². The van der Waals surface area contributed by atoms with Gasteiger partial charge in [-0.2, -0.15) is 9.41 Å². The van der Waals surface area contributed by atoms with Crippen LogP contribution in [0.1, 0.15) is 29.8 Å². The van der Waals surface area contributed by atoms with E-state index in [0.717, 1.165) is 10.0 Å². The van der Waals surface area contributed by atoms with E-state index in [-0.39, 0.29) is 10.5 Å². The Morgan fingerprint density at radius 3 is 2.50 bits per heavy atom. The average Bonchev–Trinajstić information content (AvgIpc) is 2.64. The van der Waals surface area contributed by atoms with Gasteiger partial charge in [0.1, 0.15) is 0 Å². The predicted octanol–water partition coefficient (Wildman–Crippen LogP) is 3.24. The average molecular weight is 438 g/mol. The van der Waals surface area contributed by atoms with Crippen molar-refractivity contribution in [1.29, 1.82) is 0 Å². The molecule has 8 heteroatoms. The summed E-state index contributed by atoms with van der Waals surface area (Å²) in [7, 11) is -3.62. The molecule has 26 heavy (non-hydrogen) atoms. The van der Waals surface area contributed by atoms with Crippen molar-refractivity contribution in [3.8, 4) is 0 Å². The molecule has 0 unspecified atom stereocenters. The summed E-state index contributed by atoms with van der Waals surface area (Å²) in [5.41, 5.74) is 3.45. The lowest BCUT2D eigenvalue weighted by Crippen LogP contribution is -2.30. The van der Waals surface area contributed by atoms with E-state index in [9.17, 15) is 13.2 Å². The fourth-order valence-electron chi connectivity index (χ4n) is 2.32. The molecule has 0 aromatic heterocycles. The summed E-state index contributed by atoms with van der Waals surface area (Å²) in [4.78, 5) is 12.3. The zero-order valence-corrected chi connectivity index (χ0v) is 16.9. The van der Waals surface area contributed by atoms with Crippen LogP contribution in [0.15, 0.2) is 63.0 Å². The van der Waals surface area contributed by atoms with Crippen molar-refractivity contribution < 1.29 is 13.2 Å². The van der Waals surface area contributed by atoms with Crippen LogP contribution in [-0.2, 0) is 10.0 Å². The van der Waals surface area contributed by atoms with Crippen LogP contribution in [0.5, 0.6) is 0 Å². The zero-order valence-electron chi connectivity index (χ0n) is 14.5. The number of hydrogen-bond acceptors (Lipinski definition) is 4. The highest BCUT2D eigenvalue weighted by Crippen LogP contribution is 2.17. The first kappa shape index (κ1) is 20.3. The summed E-state index contributed by atoms with van der Waals surface area (Å²) in [6.45, 7) is 4.28. The van der Waals surface area contributed by atoms with Crippen molar-refractivity contribution in [3.05, 3.63) is 64.1 Å². The maximum Gasteiger partial charge on any atom is 0.271 e. The minimum absolute atomic E-state index is 0.0867. The summed E-state index contributed by atoms with van der Waals surface area (Å²) < 4.78 is 27.3. The third-order valence-electron chi connectivity index (χ3n) is 3.71. The lowest BCUT2D eigenvalue weighted by atomic mass is 10.2. The van der Waals surface area contributed by atoms with Gasteiger partial charge in [-0.1, -0.05) is 54.0 Å². The summed E-state index contributed by atoms with van der Waals surface area (Å²) in [5, 5.41) is 3.92. The summed E-state index contributed by atoms with van der Waals surface area (Å²) in [6, 6.07) is 13.4. The van der Waals surface area contributed by atoms with Crippen molar-refractivity contribution in [2.24, 2.45) is 5.10 Å². The highest BCUT2D eigenvalue weighted by Gasteiger charge is 2.22. The number of rotatable bonds is 7. The number of hydrazone groups is 1. The second-order valence-electron chi connectivity index (χ2n) is 5.34. The van der Waals surface area contributed by atoms with Gasteiger partial charge in [0.15, 0.2) is 0 Å². The third-order valence-corrected chi connectivity index (χ3v) is 6.48. The normalized spacial score (nSPS) is 11.8. The van der Waals surface area contributed by atoms with Crippen LogP contribution >= 0.6 is 15.9 Å². The first-order chi connectivity index (χ1) is 12.4. The van der Waals surface area contributed by atoms with E-state index in [0.29, 0.717) is 13.1 Å². The Labute approximate surface area is 162 Å². The van der Waals surface area contributed by atoms with Crippen molar-refractivity contribution in [2.75, 3.05) is 13.1 Å². The van der Waals surface area contributed by atoms with Crippen molar-refractivity contribution >= 4 is 38.1 Å². The highest BCUT2D eigenvalue weighted by atomic mass is 79.9. The molecule has 0 fully saturated rings. The molecule has 0 aliphatic heterocycles. The topological polar surface area (TPSA) is 78.8 Å². The first-order valence-electron chi connectivity index (χ1n) is 8.08. The molecule has 0 aliphatic carbocycles. The number of benzene rings is 2. The van der Waals surface area contributed by atoms with Gasteiger partial charge in [0.2, 0.25) is 10.0 Å². The van der Waals surface area contributed by atoms with Crippen LogP contribution in [0.25, 0.3) is 0 Å². The SMILES string of the molecule is CCN(CC)S(=O)(=O)c1cccc(C(=O)N/N=C/c2ccccc2Br)c1. The number of nitrogens with zero attached hydrogens (tertiary/aromatic N) is 2. The fourth-order valence-corrected chi connectivity index (χ4v) is 4.21. The van der Waals surface area contributed by atoms with Gasteiger partial charge < -0.3 is 0 Å². The predicted molar refractivity (Wildman–Crippen MR) is 106 cm³/mol. The number of amides is 1. The van der Waals surface area contributed by atoms with Gasteiger partial charge in [-0.25, -0.2) is 13.8 Å². The summed E-state index contributed by atoms with van der Waals surface area (Å²) in [6.07, 6.45) is 1.51. The molecule has 1 amide bonds. The molecule has 2 aromatic rings. The fraction of sp³-hybridized carbons (Fsp3) is 0.222. The van der Waals surface area contributed by atoms with Crippen LogP contribution in [-0.4, -0.2) is 37.9 Å². The second-order valence-corrected chi connectivity index (χ2v) is 8.13. The number of carbonyl (C=O) groups excluding carboxylic acids is 1. The maximum atomic E-state index is 12.6. The molecular formula is C18H20BrN3O3S. The first-order valence-corrected chi connectivity index (χ1v) is 10.3. The highest BCUT2D eigenvalue weighted by molar-refractivity contribution is 9.10. The molecular weight excluding hydrogens is 418 g/mol. The van der Waals surface area contributed by atoms with Crippen LogP contribution in [0, 0.1) is 0 Å². The van der Waals surface area contributed by atoms with Crippen molar-refractivity contribution in [3.63, 3.8) is 0 Å². The van der Waals surface area contributed by atoms with Crippen molar-refractivity contribution in [1.82, 2.24) is 9.73 Å². The largest absolute Gasteiger partial charge is 0.271 e. The van der Waals surface area contributed by atoms with Crippen LogP contribution < -0.4 is 5.43 Å². The molecule has 2 rings (SSSR count). The minimum Gasteiger partial charge on any atom is -0.267 e. The third kappa shape index (κ3) is 4.78. The number of sulfonamides is 1. The number of carbonyl (C=O) groups is 1. The maximum absolute atomic E-state index is 12.6. The Kier molecular flexibility index (Phi) is 7.07. The van der Waals surface area contributed by atoms with E-state index >= 15 is 0 Å². The molecule has 0 saturated carbocycles. The van der Waals surface area contributed by atoms with E-state index in [1.54, 1.807) is 26.0 Å². The van der Waals surface area contributed by atoms with Gasteiger partial charge in [-0.15, -0.1) is 0 Å². The van der Waals surface area contributed by atoms with Crippen LogP contribution in [0.3, 0.4) is 0 Å². The Bertz CT molecular complexity index is 909. The Morgan fingerprint density at radius 1 is 1.15 bits per heavy atom. The van der Waals surface area contributed by atoms with Gasteiger partial charge in [-0.3, -0.25) is 4.79 Å². The smallest absolute Gasteiger partial charge is 0.267 e. The van der Waals surface area contributed by atoms with Crippen molar-refractivity contribution in [2.45, 2.75) is 18.7 Å². The molecule has 2 aromatic carbocycles. The molecule has 0 heterocycles. The zero-order chi connectivity index (χ0) is 19.2. The lowest BCUT2D eigenvalue weighted by molar-refractivity contribution is 0.0955. The molecule has 0 bridgehead atoms. The van der Waals surface area contributed by atoms with E-state index < -0.39 is 15.9 Å². The molecule has 138 valence electrons. The molecule has 0 aliphatic rings. The van der Waals surface area contributed by atoms with E-state index in [1.165, 1.54) is 22.7 Å². The molecule has 0 radical (unpaired) electrons. The summed E-state index contributed by atoms with van der Waals surface area (Å²) in [5.74, 6) is -0.482. The second kappa shape index (κ2) is 9.07. The molecule has 0 saturated heterocycles. The van der Waals surface area contributed by atoms with Gasteiger partial charge in [0.25, 0.3) is 5.91 Å². The van der Waals surface area contributed by atoms with Crippen LogP contribution in [0.4, 0.5) is 0 Å². The van der Waals surface area contributed by atoms with Gasteiger partial charge in [-0.05, 0) is 24.3 Å². The molecule has 0 spiro atoms. The Hall–Kier alpha value is -2.03. The number of halogens is 1. The molecule has 1 N–H and O–H groups in total. The monoisotopic (exact) mass is 437 g/mol. The molecule has 0 atom stereocenters. The van der Waals surface area contributed by atoms with Gasteiger partial charge in [0.05, 0.1) is 11.1 Å². The standard InChI is InChI=1S/C18H20BrN3O3S/c1-3-22(4-2)26(24,25)16-10-7-9-14(12-16)18(23)21-20-13-15-8-5-6-11-17(15)19/h5-13H,3-4H2,1-2H3,(H,21,23)/b20-13+. The lowest BCUT2D eigenvalue weighted by Gasteiger charge is -2.18. The number of nitrogens with one attached hydrogen (secondary N) is 1. The van der Waals surface area contributed by atoms with Gasteiger partial charge >= 0.3 is 0 Å². The summed E-state index contributed by atoms with van der Waals surface area (Å²) >= 11 is 3.39. The van der Waals surface area contributed by atoms with E-state index in [1.807, 2.05) is 24.3 Å². The van der Waals surface area contributed by atoms with E-state index in [4.69, 9.17) is 0 Å². The Morgan fingerprint density at radius 2 is 1.85 bits per heavy atom. The quantitative estimate of drug-likeness (QED) is 0.533. The van der Waals surface area contributed by atoms with Gasteiger partial charge in [0, 0.05) is 28.7 Å². The van der Waals surface area contributed by atoms with E-state index in [2.05, 4.69) is 26.5 Å². The molecule has 6 nitrogen and oxygen atoms in total.